The van der Waals surface area contributed by atoms with Crippen LogP contribution in [-0.4, -0.2) is 134 Å². The second-order valence-corrected chi connectivity index (χ2v) is 26.2. The van der Waals surface area contributed by atoms with Crippen molar-refractivity contribution in [3.63, 3.8) is 0 Å². The molecule has 6 rings (SSSR count). The zero-order chi connectivity index (χ0) is 66.7. The van der Waals surface area contributed by atoms with Gasteiger partial charge in [-0.3, -0.25) is 29.0 Å². The maximum absolute atomic E-state index is 13.6. The van der Waals surface area contributed by atoms with Gasteiger partial charge in [0.1, 0.15) is 34.9 Å². The van der Waals surface area contributed by atoms with Crippen LogP contribution < -0.4 is 27.4 Å². The zero-order valence-electron chi connectivity index (χ0n) is 54.4. The van der Waals surface area contributed by atoms with E-state index in [1.54, 1.807) is 126 Å². The number of alkyl carbamates (subject to hydrolysis) is 1. The van der Waals surface area contributed by atoms with Gasteiger partial charge in [0.2, 0.25) is 11.8 Å². The quantitative estimate of drug-likeness (QED) is 0.0120. The van der Waals surface area contributed by atoms with Crippen molar-refractivity contribution in [2.45, 2.75) is 200 Å². The van der Waals surface area contributed by atoms with Crippen molar-refractivity contribution in [1.29, 1.82) is 0 Å². The fourth-order valence-corrected chi connectivity index (χ4v) is 10.2. The largest absolute Gasteiger partial charge is 0.444 e. The first-order chi connectivity index (χ1) is 42.2. The second-order valence-electron chi connectivity index (χ2n) is 26.2. The number of amides is 5. The maximum Gasteiger partial charge on any atom is 0.410 e. The van der Waals surface area contributed by atoms with Crippen LogP contribution in [0.2, 0.25) is 0 Å². The topological polar surface area (TPSA) is 313 Å². The molecule has 22 heteroatoms. The number of piperidine rings is 2. The van der Waals surface area contributed by atoms with E-state index in [1.807, 2.05) is 72.8 Å². The molecule has 90 heavy (non-hydrogen) atoms. The van der Waals surface area contributed by atoms with Gasteiger partial charge in [-0.05, 0) is 155 Å². The lowest BCUT2D eigenvalue weighted by molar-refractivity contribution is -0.147. The standard InChI is InChI=1S/C39H55N5O8.C29H38N4O5/c1-24(2)32(42-36(48)50-38(4,5)6)35(47)52-43-33(40)28-18-15-26(16-19-28)17-20-31(45)25(3)41-34(46)30-23-29(27-13-11-10-12-14-27)21-22-44(30)37(49)51-39(7,8)9;1-19(25(34)15-12-20-10-13-22(14-11-20)26(30)32-37)31-27(35)24-18-23(21-8-6-5-7-9-21)16-17-33(24)28(36)38-29(2,3)4/h10-16,18-19,24-25,29-30,32H,17,20-23H2,1-9H3,(H2,40,43)(H,41,46)(H,42,48);5-11,13-14,19,23-24,37H,12,15-18H2,1-4H3,(H2,30,32)(H,31,35)/t25-,29-,30+,32-;19-,23-,24+/m00/s1. The monoisotopic (exact) mass is 1240 g/mol. The molecule has 2 fully saturated rings. The molecule has 2 aliphatic rings. The third-order valence-corrected chi connectivity index (χ3v) is 15.0. The number of aryl methyl sites for hydroxylation is 2. The number of hydrogen-bond acceptors (Lipinski definition) is 15. The molecule has 2 aliphatic heterocycles. The molecule has 488 valence electrons. The lowest BCUT2D eigenvalue weighted by Gasteiger charge is -2.39. The summed E-state index contributed by atoms with van der Waals surface area (Å²) in [5.74, 6) is -1.97. The number of nitrogens with one attached hydrogen (secondary N) is 3. The molecule has 0 saturated carbocycles. The SMILES string of the molecule is CC(C)[C@H](NC(=O)OC(C)(C)C)C(=O)O/N=C(\N)c1ccc(CCC(=O)[C@H](C)NC(=O)[C@H]2C[C@@H](c3ccccc3)CCN2C(=O)OC(C)(C)C)cc1.C[C@H](NC(=O)[C@H]1C[C@@H](c2ccccc2)CCN1C(=O)OC(C)(C)C)C(=O)CCc1ccc(/C(N)=N/O)cc1. The highest BCUT2D eigenvalue weighted by molar-refractivity contribution is 5.98. The molecule has 2 heterocycles. The molecule has 7 atom stereocenters. The number of rotatable bonds is 20. The van der Waals surface area contributed by atoms with Crippen LogP contribution in [0.25, 0.3) is 0 Å². The minimum absolute atomic E-state index is 0.0154. The Balaban J connectivity index is 0.000000343. The third-order valence-electron chi connectivity index (χ3n) is 15.0. The highest BCUT2D eigenvalue weighted by Gasteiger charge is 2.41. The lowest BCUT2D eigenvalue weighted by atomic mass is 9.85. The molecule has 0 spiro atoms. The molecule has 8 N–H and O–H groups in total. The first-order valence-electron chi connectivity index (χ1n) is 30.7. The van der Waals surface area contributed by atoms with E-state index >= 15 is 0 Å². The Kier molecular flexibility index (Phi) is 26.1. The number of Topliss-reactive ketones (excluding diaryl/α,β-unsaturated/α-hetero) is 2. The zero-order valence-corrected chi connectivity index (χ0v) is 54.4. The molecular weight excluding hydrogens is 1150 g/mol. The second kappa shape index (κ2) is 32.6. The Morgan fingerprint density at radius 2 is 0.922 bits per heavy atom. The number of carbonyl (C=O) groups excluding carboxylic acids is 8. The molecular formula is C68H93N9O13. The van der Waals surface area contributed by atoms with Crippen LogP contribution in [0.4, 0.5) is 14.4 Å². The number of nitrogens with two attached hydrogens (primary N) is 2. The Morgan fingerprint density at radius 3 is 1.28 bits per heavy atom. The van der Waals surface area contributed by atoms with Crippen LogP contribution in [0.1, 0.15) is 174 Å². The van der Waals surface area contributed by atoms with Crippen LogP contribution in [-0.2, 0) is 55.9 Å². The molecule has 4 aromatic rings. The van der Waals surface area contributed by atoms with Crippen molar-refractivity contribution < 1.29 is 62.6 Å². The van der Waals surface area contributed by atoms with Crippen molar-refractivity contribution in [1.82, 2.24) is 25.8 Å². The first-order valence-corrected chi connectivity index (χ1v) is 30.7. The molecule has 4 aromatic carbocycles. The van der Waals surface area contributed by atoms with Crippen molar-refractivity contribution in [2.75, 3.05) is 13.1 Å². The Morgan fingerprint density at radius 1 is 0.544 bits per heavy atom. The molecule has 5 amide bonds. The van der Waals surface area contributed by atoms with Crippen molar-refractivity contribution in [3.8, 4) is 0 Å². The van der Waals surface area contributed by atoms with Gasteiger partial charge in [0.15, 0.2) is 23.2 Å². The molecule has 0 unspecified atom stereocenters. The Labute approximate surface area is 529 Å². The summed E-state index contributed by atoms with van der Waals surface area (Å²) in [4.78, 5) is 112. The minimum atomic E-state index is -1.00. The summed E-state index contributed by atoms with van der Waals surface area (Å²) in [6, 6.07) is 29.8. The summed E-state index contributed by atoms with van der Waals surface area (Å²) in [5, 5.41) is 23.7. The molecule has 2 saturated heterocycles. The Bertz CT molecular complexity index is 3140. The van der Waals surface area contributed by atoms with E-state index in [9.17, 15) is 38.4 Å². The Hall–Kier alpha value is -8.82. The normalized spacial score (nSPS) is 18.3. The number of amidine groups is 2. The maximum atomic E-state index is 13.6. The van der Waals surface area contributed by atoms with Crippen molar-refractivity contribution >= 4 is 59.3 Å². The van der Waals surface area contributed by atoms with Gasteiger partial charge in [0.25, 0.3) is 0 Å². The molecule has 0 bridgehead atoms. The summed E-state index contributed by atoms with van der Waals surface area (Å²) < 4.78 is 16.4. The summed E-state index contributed by atoms with van der Waals surface area (Å²) in [6.07, 6.45) is 1.72. The van der Waals surface area contributed by atoms with E-state index in [0.29, 0.717) is 56.3 Å². The number of carbonyl (C=O) groups is 8. The molecule has 0 aliphatic carbocycles. The van der Waals surface area contributed by atoms with E-state index in [2.05, 4.69) is 26.3 Å². The van der Waals surface area contributed by atoms with Gasteiger partial charge in [-0.25, -0.2) is 19.2 Å². The lowest BCUT2D eigenvalue weighted by Crippen LogP contribution is -2.56. The summed E-state index contributed by atoms with van der Waals surface area (Å²) in [6.45, 7) is 23.4. The number of ether oxygens (including phenoxy) is 3. The van der Waals surface area contributed by atoms with E-state index in [0.717, 1.165) is 28.7 Å². The van der Waals surface area contributed by atoms with Gasteiger partial charge >= 0.3 is 24.2 Å². The van der Waals surface area contributed by atoms with Gasteiger partial charge in [-0.15, -0.1) is 0 Å². The number of benzene rings is 4. The number of hydrogen-bond donors (Lipinski definition) is 6. The summed E-state index contributed by atoms with van der Waals surface area (Å²) >= 11 is 0. The predicted molar refractivity (Wildman–Crippen MR) is 342 cm³/mol. The predicted octanol–water partition coefficient (Wildman–Crippen LogP) is 9.56. The first kappa shape index (κ1) is 71.9. The number of oxime groups is 2. The van der Waals surface area contributed by atoms with Crippen LogP contribution in [0.3, 0.4) is 0 Å². The minimum Gasteiger partial charge on any atom is -0.444 e. The van der Waals surface area contributed by atoms with E-state index in [1.165, 1.54) is 9.80 Å². The third kappa shape index (κ3) is 23.0. The van der Waals surface area contributed by atoms with Gasteiger partial charge in [-0.1, -0.05) is 133 Å². The van der Waals surface area contributed by atoms with Gasteiger partial charge in [0, 0.05) is 37.1 Å². The van der Waals surface area contributed by atoms with Gasteiger partial charge in [-0.2, -0.15) is 0 Å². The van der Waals surface area contributed by atoms with Gasteiger partial charge in [0.05, 0.1) is 12.1 Å². The van der Waals surface area contributed by atoms with Crippen molar-refractivity contribution in [3.05, 3.63) is 143 Å². The van der Waals surface area contributed by atoms with Crippen molar-refractivity contribution in [2.24, 2.45) is 27.7 Å². The van der Waals surface area contributed by atoms with Crippen LogP contribution in [0, 0.1) is 5.92 Å². The van der Waals surface area contributed by atoms with Crippen LogP contribution >= 0.6 is 0 Å². The number of likely N-dealkylation sites (tertiary alicyclic amines) is 2. The van der Waals surface area contributed by atoms with Gasteiger partial charge < -0.3 is 51.7 Å². The fourth-order valence-electron chi connectivity index (χ4n) is 10.2. The molecule has 0 radical (unpaired) electrons. The molecule has 22 nitrogen and oxygen atoms in total. The van der Waals surface area contributed by atoms with E-state index < -0.39 is 77.2 Å². The van der Waals surface area contributed by atoms with Crippen LogP contribution in [0.15, 0.2) is 120 Å². The van der Waals surface area contributed by atoms with Crippen LogP contribution in [0.5, 0.6) is 0 Å². The van der Waals surface area contributed by atoms with E-state index in [-0.39, 0.29) is 59.7 Å². The highest BCUT2D eigenvalue weighted by atomic mass is 16.7. The smallest absolute Gasteiger partial charge is 0.410 e. The summed E-state index contributed by atoms with van der Waals surface area (Å²) in [5.41, 5.74) is 14.5. The highest BCUT2D eigenvalue weighted by Crippen LogP contribution is 2.34. The fraction of sp³-hybridized carbons (Fsp3) is 0.500. The van der Waals surface area contributed by atoms with E-state index in [4.69, 9.17) is 35.7 Å². The average Bonchev–Trinajstić information content (AvgIpc) is 0.983. The number of ketones is 2. The molecule has 0 aromatic heterocycles. The average molecular weight is 1240 g/mol. The number of nitrogens with zero attached hydrogens (tertiary/aromatic N) is 4. The summed E-state index contributed by atoms with van der Waals surface area (Å²) in [7, 11) is 0.